The van der Waals surface area contributed by atoms with Crippen molar-refractivity contribution < 1.29 is 9.53 Å². The zero-order chi connectivity index (χ0) is 15.5. The van der Waals surface area contributed by atoms with Gasteiger partial charge in [0.25, 0.3) is 0 Å². The van der Waals surface area contributed by atoms with Crippen molar-refractivity contribution >= 4 is 5.91 Å². The summed E-state index contributed by atoms with van der Waals surface area (Å²) in [5.41, 5.74) is 0.832. The van der Waals surface area contributed by atoms with Gasteiger partial charge < -0.3 is 10.1 Å². The summed E-state index contributed by atoms with van der Waals surface area (Å²) in [5, 5.41) is 3.14. The SMILES string of the molecule is CCOc1cc(C(NC(=O)CC(C)(C)C)C2CC2)ncn1. The Balaban J connectivity index is 2.08. The molecule has 1 saturated carbocycles. The molecule has 0 bridgehead atoms. The predicted octanol–water partition coefficient (Wildman–Crippen LogP) is 2.88. The maximum Gasteiger partial charge on any atom is 0.221 e. The van der Waals surface area contributed by atoms with Crippen LogP contribution in [0.5, 0.6) is 5.88 Å². The van der Waals surface area contributed by atoms with Crippen LogP contribution in [0.15, 0.2) is 12.4 Å². The van der Waals surface area contributed by atoms with Crippen molar-refractivity contribution in [2.75, 3.05) is 6.61 Å². The van der Waals surface area contributed by atoms with Crippen LogP contribution in [-0.4, -0.2) is 22.5 Å². The molecule has 21 heavy (non-hydrogen) atoms. The second-order valence-corrected chi connectivity index (χ2v) is 6.83. The molecule has 0 spiro atoms. The summed E-state index contributed by atoms with van der Waals surface area (Å²) in [6, 6.07) is 1.81. The van der Waals surface area contributed by atoms with Crippen molar-refractivity contribution in [3.05, 3.63) is 18.1 Å². The molecule has 1 aromatic heterocycles. The maximum atomic E-state index is 12.2. The zero-order valence-electron chi connectivity index (χ0n) is 13.3. The molecule has 1 fully saturated rings. The average molecular weight is 291 g/mol. The standard InChI is InChI=1S/C16H25N3O2/c1-5-21-14-8-12(17-10-18-14)15(11-6-7-11)19-13(20)9-16(2,3)4/h8,10-11,15H,5-7,9H2,1-4H3,(H,19,20). The van der Waals surface area contributed by atoms with Crippen molar-refractivity contribution in [3.63, 3.8) is 0 Å². The Labute approximate surface area is 126 Å². The van der Waals surface area contributed by atoms with Crippen molar-refractivity contribution in [2.24, 2.45) is 11.3 Å². The number of nitrogens with zero attached hydrogens (tertiary/aromatic N) is 2. The Hall–Kier alpha value is -1.65. The minimum Gasteiger partial charge on any atom is -0.478 e. The summed E-state index contributed by atoms with van der Waals surface area (Å²) in [6.45, 7) is 8.69. The van der Waals surface area contributed by atoms with Gasteiger partial charge in [-0.15, -0.1) is 0 Å². The molecular formula is C16H25N3O2. The van der Waals surface area contributed by atoms with Gasteiger partial charge in [0.05, 0.1) is 18.3 Å². The summed E-state index contributed by atoms with van der Waals surface area (Å²) < 4.78 is 5.42. The van der Waals surface area contributed by atoms with Crippen LogP contribution in [-0.2, 0) is 4.79 Å². The monoisotopic (exact) mass is 291 g/mol. The Kier molecular flexibility index (Phi) is 4.80. The van der Waals surface area contributed by atoms with E-state index in [1.807, 2.05) is 13.0 Å². The highest BCUT2D eigenvalue weighted by Crippen LogP contribution is 2.41. The molecule has 1 amide bonds. The van der Waals surface area contributed by atoms with Gasteiger partial charge in [0.1, 0.15) is 6.33 Å². The van der Waals surface area contributed by atoms with Crippen molar-refractivity contribution in [3.8, 4) is 5.88 Å². The molecule has 116 valence electrons. The van der Waals surface area contributed by atoms with Gasteiger partial charge >= 0.3 is 0 Å². The smallest absolute Gasteiger partial charge is 0.221 e. The van der Waals surface area contributed by atoms with Gasteiger partial charge in [0.2, 0.25) is 11.8 Å². The molecule has 1 N–H and O–H groups in total. The van der Waals surface area contributed by atoms with Gasteiger partial charge in [-0.05, 0) is 31.1 Å². The minimum atomic E-state index is -0.0259. The lowest BCUT2D eigenvalue weighted by molar-refractivity contribution is -0.123. The lowest BCUT2D eigenvalue weighted by Crippen LogP contribution is -2.33. The first-order chi connectivity index (χ1) is 9.89. The lowest BCUT2D eigenvalue weighted by atomic mass is 9.91. The van der Waals surface area contributed by atoms with E-state index in [0.717, 1.165) is 18.5 Å². The van der Waals surface area contributed by atoms with Crippen LogP contribution in [0, 0.1) is 11.3 Å². The first kappa shape index (κ1) is 15.7. The molecule has 1 heterocycles. The Bertz CT molecular complexity index is 493. The average Bonchev–Trinajstić information content (AvgIpc) is 3.19. The quantitative estimate of drug-likeness (QED) is 0.875. The van der Waals surface area contributed by atoms with Crippen LogP contribution in [0.3, 0.4) is 0 Å². The van der Waals surface area contributed by atoms with E-state index in [0.29, 0.717) is 24.8 Å². The molecule has 0 saturated heterocycles. The van der Waals surface area contributed by atoms with Crippen LogP contribution in [0.1, 0.15) is 58.7 Å². The van der Waals surface area contributed by atoms with Crippen LogP contribution >= 0.6 is 0 Å². The molecule has 1 unspecified atom stereocenters. The summed E-state index contributed by atoms with van der Waals surface area (Å²) in [6.07, 6.45) is 4.29. The summed E-state index contributed by atoms with van der Waals surface area (Å²) >= 11 is 0. The van der Waals surface area contributed by atoms with Crippen molar-refractivity contribution in [1.29, 1.82) is 0 Å². The van der Waals surface area contributed by atoms with Crippen LogP contribution in [0.25, 0.3) is 0 Å². The highest BCUT2D eigenvalue weighted by atomic mass is 16.5. The van der Waals surface area contributed by atoms with Crippen LogP contribution in [0.2, 0.25) is 0 Å². The molecule has 0 radical (unpaired) electrons. The fraction of sp³-hybridized carbons (Fsp3) is 0.688. The number of carbonyl (C=O) groups is 1. The number of hydrogen-bond acceptors (Lipinski definition) is 4. The Morgan fingerprint density at radius 2 is 2.14 bits per heavy atom. The number of aromatic nitrogens is 2. The highest BCUT2D eigenvalue weighted by Gasteiger charge is 2.35. The van der Waals surface area contributed by atoms with Gasteiger partial charge in [-0.3, -0.25) is 4.79 Å². The Morgan fingerprint density at radius 3 is 2.71 bits per heavy atom. The van der Waals surface area contributed by atoms with Crippen molar-refractivity contribution in [2.45, 2.75) is 53.0 Å². The molecular weight excluding hydrogens is 266 g/mol. The zero-order valence-corrected chi connectivity index (χ0v) is 13.3. The van der Waals surface area contributed by atoms with Crippen LogP contribution < -0.4 is 10.1 Å². The number of ether oxygens (including phenoxy) is 1. The van der Waals surface area contributed by atoms with Gasteiger partial charge in [-0.2, -0.15) is 0 Å². The third-order valence-corrected chi connectivity index (χ3v) is 3.37. The first-order valence-corrected chi connectivity index (χ1v) is 7.63. The fourth-order valence-electron chi connectivity index (χ4n) is 2.32. The summed E-state index contributed by atoms with van der Waals surface area (Å²) in [4.78, 5) is 20.6. The Morgan fingerprint density at radius 1 is 1.43 bits per heavy atom. The van der Waals surface area contributed by atoms with E-state index in [1.165, 1.54) is 6.33 Å². The first-order valence-electron chi connectivity index (χ1n) is 7.63. The molecule has 1 aromatic rings. The molecule has 0 aromatic carbocycles. The van der Waals surface area contributed by atoms with Crippen molar-refractivity contribution in [1.82, 2.24) is 15.3 Å². The van der Waals surface area contributed by atoms with Gasteiger partial charge in [-0.1, -0.05) is 20.8 Å². The molecule has 1 aliphatic rings. The normalized spacial score (nSPS) is 16.4. The molecule has 5 heteroatoms. The number of hydrogen-bond donors (Lipinski definition) is 1. The number of carbonyl (C=O) groups excluding carboxylic acids is 1. The molecule has 2 rings (SSSR count). The molecule has 5 nitrogen and oxygen atoms in total. The van der Waals surface area contributed by atoms with Gasteiger partial charge in [-0.25, -0.2) is 9.97 Å². The molecule has 1 atom stereocenters. The van der Waals surface area contributed by atoms with E-state index in [9.17, 15) is 4.79 Å². The predicted molar refractivity (Wildman–Crippen MR) is 80.9 cm³/mol. The lowest BCUT2D eigenvalue weighted by Gasteiger charge is -2.22. The fourth-order valence-corrected chi connectivity index (χ4v) is 2.32. The summed E-state index contributed by atoms with van der Waals surface area (Å²) in [7, 11) is 0. The highest BCUT2D eigenvalue weighted by molar-refractivity contribution is 5.77. The third-order valence-electron chi connectivity index (χ3n) is 3.37. The van der Waals surface area contributed by atoms with E-state index < -0.39 is 0 Å². The third kappa shape index (κ3) is 4.99. The second-order valence-electron chi connectivity index (χ2n) is 6.83. The van der Waals surface area contributed by atoms with E-state index in [-0.39, 0.29) is 17.4 Å². The summed E-state index contributed by atoms with van der Waals surface area (Å²) in [5.74, 6) is 1.13. The molecule has 1 aliphatic carbocycles. The number of amides is 1. The number of rotatable bonds is 6. The van der Waals surface area contributed by atoms with E-state index in [2.05, 4.69) is 36.1 Å². The van der Waals surface area contributed by atoms with E-state index >= 15 is 0 Å². The van der Waals surface area contributed by atoms with Gasteiger partial charge in [0.15, 0.2) is 0 Å². The minimum absolute atomic E-state index is 0.0136. The van der Waals surface area contributed by atoms with Crippen LogP contribution in [0.4, 0.5) is 0 Å². The molecule has 0 aliphatic heterocycles. The van der Waals surface area contributed by atoms with Gasteiger partial charge in [0, 0.05) is 12.5 Å². The largest absolute Gasteiger partial charge is 0.478 e. The van der Waals surface area contributed by atoms with E-state index in [4.69, 9.17) is 4.74 Å². The number of nitrogens with one attached hydrogen (secondary N) is 1. The maximum absolute atomic E-state index is 12.2. The second kappa shape index (κ2) is 6.41. The van der Waals surface area contributed by atoms with E-state index in [1.54, 1.807) is 0 Å². The topological polar surface area (TPSA) is 64.1 Å².